The smallest absolute Gasteiger partial charge is 0.239 e. The number of nitrogens with one attached hydrogen (secondary N) is 1. The van der Waals surface area contributed by atoms with E-state index in [0.717, 1.165) is 18.8 Å². The van der Waals surface area contributed by atoms with Gasteiger partial charge in [0.2, 0.25) is 5.91 Å². The second kappa shape index (κ2) is 7.00. The van der Waals surface area contributed by atoms with Gasteiger partial charge >= 0.3 is 0 Å². The first-order valence-electron chi connectivity index (χ1n) is 9.03. The van der Waals surface area contributed by atoms with Gasteiger partial charge in [0.1, 0.15) is 11.6 Å². The molecule has 0 spiro atoms. The van der Waals surface area contributed by atoms with Crippen LogP contribution in [0.5, 0.6) is 0 Å². The highest BCUT2D eigenvalue weighted by Crippen LogP contribution is 2.25. The molecule has 2 aromatic heterocycles. The van der Waals surface area contributed by atoms with E-state index in [2.05, 4.69) is 39.1 Å². The predicted octanol–water partition coefficient (Wildman–Crippen LogP) is 3.14. The Bertz CT molecular complexity index is 959. The zero-order valence-electron chi connectivity index (χ0n) is 15.4. The van der Waals surface area contributed by atoms with E-state index in [1.54, 1.807) is 16.8 Å². The summed E-state index contributed by atoms with van der Waals surface area (Å²) >= 11 is 0. The number of hydrogen-bond donors (Lipinski definition) is 1. The molecule has 1 N–H and O–H groups in total. The Balaban J connectivity index is 1.48. The zero-order chi connectivity index (χ0) is 19.0. The number of amides is 1. The number of hydrogen-bond acceptors (Lipinski definition) is 3. The Morgan fingerprint density at radius 3 is 2.81 bits per heavy atom. The van der Waals surface area contributed by atoms with Gasteiger partial charge in [-0.3, -0.25) is 9.69 Å². The number of carbonyl (C=O) groups is 1. The van der Waals surface area contributed by atoms with Gasteiger partial charge in [-0.05, 0) is 50.2 Å². The van der Waals surface area contributed by atoms with E-state index in [-0.39, 0.29) is 17.8 Å². The molecule has 1 aliphatic heterocycles. The third-order valence-corrected chi connectivity index (χ3v) is 4.99. The van der Waals surface area contributed by atoms with Crippen LogP contribution in [0, 0.1) is 12.7 Å². The second-order valence-corrected chi connectivity index (χ2v) is 6.88. The minimum absolute atomic E-state index is 0.0925. The molecule has 1 aliphatic rings. The standard InChI is InChI=1S/C20H22FN5O/c1-14-12-19(26(23-14)17-7-5-16(21)6-8-17)22-20(27)13-25-11-10-24-9-3-4-18(24)15(25)2/h3-9,12,15H,10-11,13H2,1-2H3,(H,22,27). The lowest BCUT2D eigenvalue weighted by molar-refractivity contribution is -0.118. The van der Waals surface area contributed by atoms with E-state index in [4.69, 9.17) is 0 Å². The Morgan fingerprint density at radius 2 is 2.04 bits per heavy atom. The van der Waals surface area contributed by atoms with Crippen molar-refractivity contribution in [1.29, 1.82) is 0 Å². The monoisotopic (exact) mass is 367 g/mol. The molecule has 0 radical (unpaired) electrons. The number of benzene rings is 1. The lowest BCUT2D eigenvalue weighted by Gasteiger charge is -2.34. The SMILES string of the molecule is Cc1cc(NC(=O)CN2CCn3cccc3C2C)n(-c2ccc(F)cc2)n1. The largest absolute Gasteiger partial charge is 0.349 e. The molecule has 1 aromatic carbocycles. The van der Waals surface area contributed by atoms with Crippen LogP contribution in [0.3, 0.4) is 0 Å². The lowest BCUT2D eigenvalue weighted by Crippen LogP contribution is -2.41. The highest BCUT2D eigenvalue weighted by molar-refractivity contribution is 5.91. The van der Waals surface area contributed by atoms with Gasteiger partial charge in [-0.15, -0.1) is 0 Å². The quantitative estimate of drug-likeness (QED) is 0.771. The van der Waals surface area contributed by atoms with Gasteiger partial charge in [0, 0.05) is 37.1 Å². The summed E-state index contributed by atoms with van der Waals surface area (Å²) < 4.78 is 17.0. The topological polar surface area (TPSA) is 55.1 Å². The van der Waals surface area contributed by atoms with Crippen molar-refractivity contribution in [1.82, 2.24) is 19.2 Å². The van der Waals surface area contributed by atoms with E-state index in [1.165, 1.54) is 17.8 Å². The summed E-state index contributed by atoms with van der Waals surface area (Å²) in [6.07, 6.45) is 2.08. The number of aromatic nitrogens is 3. The van der Waals surface area contributed by atoms with Crippen molar-refractivity contribution in [2.45, 2.75) is 26.4 Å². The van der Waals surface area contributed by atoms with Crippen molar-refractivity contribution in [2.24, 2.45) is 0 Å². The fourth-order valence-electron chi connectivity index (χ4n) is 3.58. The average Bonchev–Trinajstić information content (AvgIpc) is 3.25. The maximum atomic E-state index is 13.2. The third kappa shape index (κ3) is 3.50. The molecular weight excluding hydrogens is 345 g/mol. The fourth-order valence-corrected chi connectivity index (χ4v) is 3.58. The van der Waals surface area contributed by atoms with Gasteiger partial charge in [0.05, 0.1) is 17.9 Å². The predicted molar refractivity (Wildman–Crippen MR) is 101 cm³/mol. The molecule has 140 valence electrons. The van der Waals surface area contributed by atoms with Crippen LogP contribution in [-0.2, 0) is 11.3 Å². The first kappa shape index (κ1) is 17.5. The number of nitrogens with zero attached hydrogens (tertiary/aromatic N) is 4. The summed E-state index contributed by atoms with van der Waals surface area (Å²) in [4.78, 5) is 14.8. The highest BCUT2D eigenvalue weighted by Gasteiger charge is 2.25. The van der Waals surface area contributed by atoms with Crippen LogP contribution in [0.4, 0.5) is 10.2 Å². The van der Waals surface area contributed by atoms with Gasteiger partial charge in [-0.2, -0.15) is 5.10 Å². The second-order valence-electron chi connectivity index (χ2n) is 6.88. The summed E-state index contributed by atoms with van der Waals surface area (Å²) in [6.45, 7) is 5.99. The molecule has 7 heteroatoms. The lowest BCUT2D eigenvalue weighted by atomic mass is 10.1. The number of halogens is 1. The number of fused-ring (bicyclic) bond motifs is 1. The molecule has 3 aromatic rings. The molecule has 3 heterocycles. The molecule has 0 aliphatic carbocycles. The number of anilines is 1. The maximum absolute atomic E-state index is 13.2. The summed E-state index contributed by atoms with van der Waals surface area (Å²) in [5.74, 6) is 0.180. The summed E-state index contributed by atoms with van der Waals surface area (Å²) in [5, 5.41) is 7.36. The van der Waals surface area contributed by atoms with Gasteiger partial charge in [-0.25, -0.2) is 9.07 Å². The molecule has 1 amide bonds. The van der Waals surface area contributed by atoms with Crippen LogP contribution >= 0.6 is 0 Å². The van der Waals surface area contributed by atoms with Gasteiger partial charge in [0.15, 0.2) is 0 Å². The number of aryl methyl sites for hydroxylation is 1. The van der Waals surface area contributed by atoms with Crippen molar-refractivity contribution in [3.8, 4) is 5.69 Å². The Hall–Kier alpha value is -2.93. The van der Waals surface area contributed by atoms with Gasteiger partial charge in [-0.1, -0.05) is 0 Å². The molecule has 0 fully saturated rings. The molecule has 1 unspecified atom stereocenters. The van der Waals surface area contributed by atoms with E-state index in [9.17, 15) is 9.18 Å². The fraction of sp³-hybridized carbons (Fsp3) is 0.300. The van der Waals surface area contributed by atoms with Crippen LogP contribution in [0.25, 0.3) is 5.69 Å². The molecule has 1 atom stereocenters. The molecule has 6 nitrogen and oxygen atoms in total. The summed E-state index contributed by atoms with van der Waals surface area (Å²) in [7, 11) is 0. The van der Waals surface area contributed by atoms with Crippen LogP contribution < -0.4 is 5.32 Å². The van der Waals surface area contributed by atoms with Crippen molar-refractivity contribution in [2.75, 3.05) is 18.4 Å². The third-order valence-electron chi connectivity index (χ3n) is 4.99. The summed E-state index contributed by atoms with van der Waals surface area (Å²) in [6, 6.07) is 12.2. The van der Waals surface area contributed by atoms with E-state index in [1.807, 2.05) is 19.1 Å². The van der Waals surface area contributed by atoms with Gasteiger partial charge in [0.25, 0.3) is 0 Å². The maximum Gasteiger partial charge on any atom is 0.239 e. The van der Waals surface area contributed by atoms with Crippen molar-refractivity contribution in [3.63, 3.8) is 0 Å². The van der Waals surface area contributed by atoms with Crippen molar-refractivity contribution in [3.05, 3.63) is 65.9 Å². The Labute approximate surface area is 157 Å². The van der Waals surface area contributed by atoms with Gasteiger partial charge < -0.3 is 9.88 Å². The number of rotatable bonds is 4. The highest BCUT2D eigenvalue weighted by atomic mass is 19.1. The molecule has 4 rings (SSSR count). The van der Waals surface area contributed by atoms with E-state index >= 15 is 0 Å². The van der Waals surface area contributed by atoms with Crippen LogP contribution in [0.15, 0.2) is 48.7 Å². The summed E-state index contributed by atoms with van der Waals surface area (Å²) in [5.41, 5.74) is 2.70. The average molecular weight is 367 g/mol. The van der Waals surface area contributed by atoms with Crippen LogP contribution in [0.1, 0.15) is 24.4 Å². The number of carbonyl (C=O) groups excluding carboxylic acids is 1. The first-order valence-corrected chi connectivity index (χ1v) is 9.03. The van der Waals surface area contributed by atoms with Crippen molar-refractivity contribution < 1.29 is 9.18 Å². The minimum Gasteiger partial charge on any atom is -0.349 e. The molecule has 27 heavy (non-hydrogen) atoms. The van der Waals surface area contributed by atoms with Crippen molar-refractivity contribution >= 4 is 11.7 Å². The normalized spacial score (nSPS) is 16.9. The molecule has 0 saturated carbocycles. The first-order chi connectivity index (χ1) is 13.0. The Kier molecular flexibility index (Phi) is 4.53. The molecule has 0 bridgehead atoms. The van der Waals surface area contributed by atoms with Crippen LogP contribution in [-0.4, -0.2) is 38.2 Å². The van der Waals surface area contributed by atoms with E-state index in [0.29, 0.717) is 18.1 Å². The molecular formula is C20H22FN5O. The molecule has 0 saturated heterocycles. The Morgan fingerprint density at radius 1 is 1.26 bits per heavy atom. The minimum atomic E-state index is -0.308. The van der Waals surface area contributed by atoms with E-state index < -0.39 is 0 Å². The zero-order valence-corrected chi connectivity index (χ0v) is 15.4. The van der Waals surface area contributed by atoms with Crippen LogP contribution in [0.2, 0.25) is 0 Å².